The van der Waals surface area contributed by atoms with Crippen LogP contribution in [0.25, 0.3) is 0 Å². The molecule has 1 aromatic rings. The van der Waals surface area contributed by atoms with Crippen LogP contribution in [0, 0.1) is 0 Å². The normalized spacial score (nSPS) is 22.5. The molecule has 0 spiro atoms. The third kappa shape index (κ3) is 3.27. The maximum absolute atomic E-state index is 5.55. The fourth-order valence-corrected chi connectivity index (χ4v) is 3.17. The number of anilines is 2. The summed E-state index contributed by atoms with van der Waals surface area (Å²) in [4.78, 5) is 14.0. The second-order valence-corrected chi connectivity index (χ2v) is 6.19. The van der Waals surface area contributed by atoms with Crippen LogP contribution in [0.15, 0.2) is 6.07 Å². The maximum atomic E-state index is 5.55. The molecule has 2 fully saturated rings. The number of likely N-dealkylation sites (N-methyl/N-ethyl adjacent to an activating group) is 2. The monoisotopic (exact) mass is 290 g/mol. The number of nitrogens with zero attached hydrogens (tertiary/aromatic N) is 4. The number of aromatic nitrogens is 2. The molecular weight excluding hydrogens is 264 g/mol. The zero-order valence-electron chi connectivity index (χ0n) is 13.0. The van der Waals surface area contributed by atoms with Gasteiger partial charge < -0.3 is 10.3 Å². The van der Waals surface area contributed by atoms with Gasteiger partial charge in [0.25, 0.3) is 0 Å². The predicted octanol–water partition coefficient (Wildman–Crippen LogP) is 1.56. The Bertz CT molecular complexity index is 487. The van der Waals surface area contributed by atoms with Crippen LogP contribution >= 0.6 is 0 Å². The molecule has 116 valence electrons. The molecule has 2 aliphatic rings. The third-order valence-electron chi connectivity index (χ3n) is 4.60. The van der Waals surface area contributed by atoms with Gasteiger partial charge in [0.05, 0.1) is 0 Å². The Morgan fingerprint density at radius 2 is 2.19 bits per heavy atom. The SMILES string of the molecule is CCN1CCCC1CN(C)c1cc(NN)nc(C2CC2)n1. The van der Waals surface area contributed by atoms with Gasteiger partial charge in [-0.05, 0) is 38.8 Å². The van der Waals surface area contributed by atoms with E-state index in [1.807, 2.05) is 6.07 Å². The van der Waals surface area contributed by atoms with E-state index in [1.54, 1.807) is 0 Å². The molecule has 3 rings (SSSR count). The molecule has 1 saturated heterocycles. The molecule has 1 aromatic heterocycles. The molecule has 6 nitrogen and oxygen atoms in total. The molecule has 0 amide bonds. The Morgan fingerprint density at radius 3 is 2.86 bits per heavy atom. The van der Waals surface area contributed by atoms with Crippen LogP contribution < -0.4 is 16.2 Å². The molecular formula is C15H26N6. The summed E-state index contributed by atoms with van der Waals surface area (Å²) in [6, 6.07) is 2.57. The Labute approximate surface area is 126 Å². The predicted molar refractivity (Wildman–Crippen MR) is 85.4 cm³/mol. The minimum atomic E-state index is 0.532. The largest absolute Gasteiger partial charge is 0.358 e. The molecule has 1 aliphatic heterocycles. The molecule has 1 unspecified atom stereocenters. The van der Waals surface area contributed by atoms with Crippen LogP contribution in [-0.2, 0) is 0 Å². The van der Waals surface area contributed by atoms with Crippen molar-refractivity contribution < 1.29 is 0 Å². The summed E-state index contributed by atoms with van der Waals surface area (Å²) < 4.78 is 0. The Kier molecular flexibility index (Phi) is 4.26. The average molecular weight is 290 g/mol. The van der Waals surface area contributed by atoms with E-state index in [1.165, 1.54) is 32.2 Å². The highest BCUT2D eigenvalue weighted by atomic mass is 15.3. The van der Waals surface area contributed by atoms with E-state index in [0.29, 0.717) is 17.8 Å². The number of nitrogens with two attached hydrogens (primary N) is 1. The number of likely N-dealkylation sites (tertiary alicyclic amines) is 1. The van der Waals surface area contributed by atoms with Crippen LogP contribution in [0.2, 0.25) is 0 Å². The Morgan fingerprint density at radius 1 is 1.38 bits per heavy atom. The highest BCUT2D eigenvalue weighted by Crippen LogP contribution is 2.39. The lowest BCUT2D eigenvalue weighted by atomic mass is 10.2. The van der Waals surface area contributed by atoms with Gasteiger partial charge in [-0.2, -0.15) is 0 Å². The van der Waals surface area contributed by atoms with Crippen molar-refractivity contribution in [2.24, 2.45) is 5.84 Å². The second kappa shape index (κ2) is 6.15. The van der Waals surface area contributed by atoms with Gasteiger partial charge in [-0.25, -0.2) is 15.8 Å². The van der Waals surface area contributed by atoms with Gasteiger partial charge in [0.2, 0.25) is 0 Å². The highest BCUT2D eigenvalue weighted by molar-refractivity contribution is 5.49. The molecule has 0 radical (unpaired) electrons. The number of nitrogens with one attached hydrogen (secondary N) is 1. The molecule has 0 aromatic carbocycles. The van der Waals surface area contributed by atoms with E-state index < -0.39 is 0 Å². The van der Waals surface area contributed by atoms with Crippen molar-refractivity contribution in [2.75, 3.05) is 37.0 Å². The summed E-state index contributed by atoms with van der Waals surface area (Å²) in [7, 11) is 2.12. The molecule has 1 aliphatic carbocycles. The van der Waals surface area contributed by atoms with Crippen molar-refractivity contribution in [2.45, 2.75) is 44.6 Å². The summed E-state index contributed by atoms with van der Waals surface area (Å²) in [5, 5.41) is 0. The Balaban J connectivity index is 1.74. The maximum Gasteiger partial charge on any atom is 0.145 e. The lowest BCUT2D eigenvalue weighted by Gasteiger charge is -2.28. The average Bonchev–Trinajstić information content (AvgIpc) is 3.27. The van der Waals surface area contributed by atoms with Gasteiger partial charge in [0, 0.05) is 31.6 Å². The topological polar surface area (TPSA) is 70.3 Å². The first-order valence-electron chi connectivity index (χ1n) is 8.02. The fourth-order valence-electron chi connectivity index (χ4n) is 3.17. The van der Waals surface area contributed by atoms with Crippen molar-refractivity contribution in [3.63, 3.8) is 0 Å². The quantitative estimate of drug-likeness (QED) is 0.612. The van der Waals surface area contributed by atoms with Crippen LogP contribution in [0.1, 0.15) is 44.3 Å². The van der Waals surface area contributed by atoms with Crippen LogP contribution in [0.4, 0.5) is 11.6 Å². The number of hydrogen-bond donors (Lipinski definition) is 2. The molecule has 3 N–H and O–H groups in total. The van der Waals surface area contributed by atoms with Crippen LogP contribution in [0.3, 0.4) is 0 Å². The summed E-state index contributed by atoms with van der Waals surface area (Å²) in [5.74, 6) is 8.71. The van der Waals surface area contributed by atoms with Gasteiger partial charge in [-0.15, -0.1) is 0 Å². The van der Waals surface area contributed by atoms with E-state index in [9.17, 15) is 0 Å². The fraction of sp³-hybridized carbons (Fsp3) is 0.733. The first-order valence-corrected chi connectivity index (χ1v) is 8.02. The van der Waals surface area contributed by atoms with Gasteiger partial charge in [-0.1, -0.05) is 6.92 Å². The van der Waals surface area contributed by atoms with Gasteiger partial charge >= 0.3 is 0 Å². The first-order chi connectivity index (χ1) is 10.2. The molecule has 1 saturated carbocycles. The summed E-state index contributed by atoms with van der Waals surface area (Å²) in [6.45, 7) is 5.61. The zero-order chi connectivity index (χ0) is 14.8. The number of rotatable bonds is 6. The number of nitrogen functional groups attached to an aromatic ring is 1. The van der Waals surface area contributed by atoms with E-state index in [-0.39, 0.29) is 0 Å². The third-order valence-corrected chi connectivity index (χ3v) is 4.60. The summed E-state index contributed by atoms with van der Waals surface area (Å²) >= 11 is 0. The molecule has 6 heteroatoms. The van der Waals surface area contributed by atoms with Crippen LogP contribution in [-0.4, -0.2) is 47.6 Å². The summed E-state index contributed by atoms with van der Waals surface area (Å²) in [6.07, 6.45) is 4.98. The molecule has 0 bridgehead atoms. The van der Waals surface area contributed by atoms with Gasteiger partial charge in [0.15, 0.2) is 0 Å². The van der Waals surface area contributed by atoms with E-state index in [2.05, 4.69) is 34.2 Å². The Hall–Kier alpha value is -1.40. The minimum Gasteiger partial charge on any atom is -0.358 e. The number of hydrazine groups is 1. The molecule has 21 heavy (non-hydrogen) atoms. The van der Waals surface area contributed by atoms with E-state index >= 15 is 0 Å². The van der Waals surface area contributed by atoms with E-state index in [4.69, 9.17) is 10.8 Å². The smallest absolute Gasteiger partial charge is 0.145 e. The minimum absolute atomic E-state index is 0.532. The van der Waals surface area contributed by atoms with Crippen LogP contribution in [0.5, 0.6) is 0 Å². The van der Waals surface area contributed by atoms with Crippen molar-refractivity contribution in [3.8, 4) is 0 Å². The van der Waals surface area contributed by atoms with Gasteiger partial charge in [-0.3, -0.25) is 4.90 Å². The van der Waals surface area contributed by atoms with Crippen molar-refractivity contribution in [1.82, 2.24) is 14.9 Å². The van der Waals surface area contributed by atoms with Crippen molar-refractivity contribution in [1.29, 1.82) is 0 Å². The molecule has 1 atom stereocenters. The molecule has 2 heterocycles. The number of hydrogen-bond acceptors (Lipinski definition) is 6. The first kappa shape index (κ1) is 14.5. The lowest BCUT2D eigenvalue weighted by molar-refractivity contribution is 0.270. The standard InChI is InChI=1S/C15H26N6/c1-3-21-8-4-5-12(21)10-20(2)14-9-13(19-16)17-15(18-14)11-6-7-11/h9,11-12H,3-8,10,16H2,1-2H3,(H,17,18,19). The lowest BCUT2D eigenvalue weighted by Crippen LogP contribution is -2.39. The van der Waals surface area contributed by atoms with E-state index in [0.717, 1.165) is 24.7 Å². The van der Waals surface area contributed by atoms with Crippen molar-refractivity contribution in [3.05, 3.63) is 11.9 Å². The second-order valence-electron chi connectivity index (χ2n) is 6.19. The highest BCUT2D eigenvalue weighted by Gasteiger charge is 2.29. The van der Waals surface area contributed by atoms with Gasteiger partial charge in [0.1, 0.15) is 17.5 Å². The zero-order valence-corrected chi connectivity index (χ0v) is 13.0. The van der Waals surface area contributed by atoms with Crippen molar-refractivity contribution >= 4 is 11.6 Å². The summed E-state index contributed by atoms with van der Waals surface area (Å²) in [5.41, 5.74) is 2.67.